The van der Waals surface area contributed by atoms with Gasteiger partial charge in [-0.3, -0.25) is 0 Å². The molecule has 0 saturated heterocycles. The minimum atomic E-state index is 0.0392. The molecule has 0 saturated carbocycles. The van der Waals surface area contributed by atoms with Gasteiger partial charge in [0.05, 0.1) is 19.3 Å². The Morgan fingerprint density at radius 2 is 2.07 bits per heavy atom. The van der Waals surface area contributed by atoms with Crippen molar-refractivity contribution in [2.24, 2.45) is 0 Å². The highest BCUT2D eigenvalue weighted by atomic mass is 16.5. The van der Waals surface area contributed by atoms with Crippen LogP contribution in [-0.4, -0.2) is 17.8 Å². The quantitative estimate of drug-likeness (QED) is 0.750. The van der Waals surface area contributed by atoms with Crippen molar-refractivity contribution in [2.75, 3.05) is 6.61 Å². The van der Waals surface area contributed by atoms with Gasteiger partial charge in [-0.15, -0.1) is 0 Å². The van der Waals surface area contributed by atoms with E-state index in [1.54, 1.807) is 0 Å². The van der Waals surface area contributed by atoms with E-state index < -0.39 is 0 Å². The van der Waals surface area contributed by atoms with Crippen LogP contribution in [0.4, 0.5) is 0 Å². The molecule has 1 aromatic rings. The van der Waals surface area contributed by atoms with Crippen LogP contribution in [0, 0.1) is 0 Å². The van der Waals surface area contributed by atoms with Crippen LogP contribution in [0.25, 0.3) is 0 Å². The standard InChI is InChI=1S/C13H18O2/c1-11(9-14)8-12(2)15-10-13-6-4-3-5-7-13/h3-8,12,14H,9-10H2,1-2H3/b11-8+. The maximum absolute atomic E-state index is 8.85. The van der Waals surface area contributed by atoms with Gasteiger partial charge < -0.3 is 9.84 Å². The zero-order valence-corrected chi connectivity index (χ0v) is 9.31. The van der Waals surface area contributed by atoms with Crippen molar-refractivity contribution in [1.29, 1.82) is 0 Å². The van der Waals surface area contributed by atoms with E-state index in [0.717, 1.165) is 5.57 Å². The first-order chi connectivity index (χ1) is 7.22. The molecule has 2 nitrogen and oxygen atoms in total. The zero-order chi connectivity index (χ0) is 11.1. The van der Waals surface area contributed by atoms with Gasteiger partial charge in [0, 0.05) is 0 Å². The number of rotatable bonds is 5. The molecule has 1 N–H and O–H groups in total. The van der Waals surface area contributed by atoms with Gasteiger partial charge in [0.25, 0.3) is 0 Å². The van der Waals surface area contributed by atoms with Crippen molar-refractivity contribution >= 4 is 0 Å². The fourth-order valence-electron chi connectivity index (χ4n) is 1.30. The third-order valence-corrected chi connectivity index (χ3v) is 2.12. The molecule has 0 radical (unpaired) electrons. The minimum Gasteiger partial charge on any atom is -0.392 e. The van der Waals surface area contributed by atoms with E-state index >= 15 is 0 Å². The number of hydrogen-bond acceptors (Lipinski definition) is 2. The summed E-state index contributed by atoms with van der Waals surface area (Å²) < 4.78 is 5.61. The fraction of sp³-hybridized carbons (Fsp3) is 0.385. The van der Waals surface area contributed by atoms with E-state index in [0.29, 0.717) is 6.61 Å². The monoisotopic (exact) mass is 206 g/mol. The first-order valence-corrected chi connectivity index (χ1v) is 5.16. The predicted molar refractivity (Wildman–Crippen MR) is 61.5 cm³/mol. The molecule has 0 aliphatic heterocycles. The van der Waals surface area contributed by atoms with Gasteiger partial charge in [0.1, 0.15) is 0 Å². The summed E-state index contributed by atoms with van der Waals surface area (Å²) in [5.74, 6) is 0. The summed E-state index contributed by atoms with van der Waals surface area (Å²) in [4.78, 5) is 0. The molecular weight excluding hydrogens is 188 g/mol. The van der Waals surface area contributed by atoms with Crippen LogP contribution >= 0.6 is 0 Å². The van der Waals surface area contributed by atoms with Crippen molar-refractivity contribution in [1.82, 2.24) is 0 Å². The largest absolute Gasteiger partial charge is 0.392 e. The number of hydrogen-bond donors (Lipinski definition) is 1. The average molecular weight is 206 g/mol. The molecule has 1 aromatic carbocycles. The smallest absolute Gasteiger partial charge is 0.0735 e. The van der Waals surface area contributed by atoms with E-state index in [-0.39, 0.29) is 12.7 Å². The lowest BCUT2D eigenvalue weighted by Gasteiger charge is -2.09. The second-order valence-corrected chi connectivity index (χ2v) is 3.67. The van der Waals surface area contributed by atoms with Crippen molar-refractivity contribution in [3.63, 3.8) is 0 Å². The van der Waals surface area contributed by atoms with Crippen molar-refractivity contribution in [2.45, 2.75) is 26.6 Å². The summed E-state index contributed by atoms with van der Waals surface area (Å²) in [5, 5.41) is 8.85. The van der Waals surface area contributed by atoms with Gasteiger partial charge in [-0.25, -0.2) is 0 Å². The molecule has 0 fully saturated rings. The van der Waals surface area contributed by atoms with Crippen LogP contribution in [-0.2, 0) is 11.3 Å². The summed E-state index contributed by atoms with van der Waals surface area (Å²) >= 11 is 0. The van der Waals surface area contributed by atoms with Crippen LogP contribution in [0.2, 0.25) is 0 Å². The molecule has 0 bridgehead atoms. The molecule has 1 atom stereocenters. The molecule has 0 heterocycles. The number of benzene rings is 1. The number of aliphatic hydroxyl groups excluding tert-OH is 1. The Kier molecular flexibility index (Phi) is 5.08. The van der Waals surface area contributed by atoms with Crippen LogP contribution in [0.15, 0.2) is 42.0 Å². The predicted octanol–water partition coefficient (Wildman–Crippen LogP) is 2.53. The van der Waals surface area contributed by atoms with Gasteiger partial charge >= 0.3 is 0 Å². The first-order valence-electron chi connectivity index (χ1n) is 5.16. The Morgan fingerprint density at radius 3 is 2.67 bits per heavy atom. The topological polar surface area (TPSA) is 29.5 Å². The maximum atomic E-state index is 8.85. The zero-order valence-electron chi connectivity index (χ0n) is 9.31. The highest BCUT2D eigenvalue weighted by Crippen LogP contribution is 2.05. The molecule has 2 heteroatoms. The second kappa shape index (κ2) is 6.38. The summed E-state index contributed by atoms with van der Waals surface area (Å²) in [6, 6.07) is 10.1. The lowest BCUT2D eigenvalue weighted by Crippen LogP contribution is -2.06. The fourth-order valence-corrected chi connectivity index (χ4v) is 1.30. The average Bonchev–Trinajstić information content (AvgIpc) is 2.27. The first kappa shape index (κ1) is 12.0. The van der Waals surface area contributed by atoms with Crippen LogP contribution in [0.1, 0.15) is 19.4 Å². The molecule has 0 aromatic heterocycles. The molecule has 0 spiro atoms. The molecule has 82 valence electrons. The third-order valence-electron chi connectivity index (χ3n) is 2.12. The van der Waals surface area contributed by atoms with E-state index in [4.69, 9.17) is 9.84 Å². The van der Waals surface area contributed by atoms with E-state index in [1.165, 1.54) is 5.56 Å². The maximum Gasteiger partial charge on any atom is 0.0735 e. The van der Waals surface area contributed by atoms with Gasteiger partial charge in [-0.2, -0.15) is 0 Å². The summed E-state index contributed by atoms with van der Waals surface area (Å²) in [6.07, 6.45) is 1.97. The SMILES string of the molecule is C/C(=C\C(C)OCc1ccccc1)CO. The lowest BCUT2D eigenvalue weighted by molar-refractivity contribution is 0.0831. The molecule has 1 unspecified atom stereocenters. The Balaban J connectivity index is 2.38. The van der Waals surface area contributed by atoms with Crippen molar-refractivity contribution in [3.8, 4) is 0 Å². The van der Waals surface area contributed by atoms with E-state index in [2.05, 4.69) is 0 Å². The molecule has 0 aliphatic rings. The molecule has 0 amide bonds. The van der Waals surface area contributed by atoms with Gasteiger partial charge in [-0.05, 0) is 25.0 Å². The highest BCUT2D eigenvalue weighted by molar-refractivity contribution is 5.13. The third kappa shape index (κ3) is 4.77. The van der Waals surface area contributed by atoms with Crippen LogP contribution in [0.3, 0.4) is 0 Å². The molecular formula is C13H18O2. The van der Waals surface area contributed by atoms with Crippen molar-refractivity contribution in [3.05, 3.63) is 47.5 Å². The minimum absolute atomic E-state index is 0.0392. The summed E-state index contributed by atoms with van der Waals surface area (Å²) in [7, 11) is 0. The van der Waals surface area contributed by atoms with Crippen LogP contribution < -0.4 is 0 Å². The van der Waals surface area contributed by atoms with Crippen LogP contribution in [0.5, 0.6) is 0 Å². The Hall–Kier alpha value is -1.12. The van der Waals surface area contributed by atoms with Gasteiger partial charge in [0.2, 0.25) is 0 Å². The Bertz CT molecular complexity index is 304. The van der Waals surface area contributed by atoms with E-state index in [1.807, 2.05) is 50.3 Å². The Labute approximate surface area is 91.2 Å². The van der Waals surface area contributed by atoms with Crippen molar-refractivity contribution < 1.29 is 9.84 Å². The van der Waals surface area contributed by atoms with Gasteiger partial charge in [-0.1, -0.05) is 36.4 Å². The number of aliphatic hydroxyl groups is 1. The highest BCUT2D eigenvalue weighted by Gasteiger charge is 1.99. The number of ether oxygens (including phenoxy) is 1. The molecule has 1 rings (SSSR count). The van der Waals surface area contributed by atoms with Gasteiger partial charge in [0.15, 0.2) is 0 Å². The Morgan fingerprint density at radius 1 is 1.40 bits per heavy atom. The summed E-state index contributed by atoms with van der Waals surface area (Å²) in [5.41, 5.74) is 2.11. The summed E-state index contributed by atoms with van der Waals surface area (Å²) in [6.45, 7) is 4.57. The molecule has 15 heavy (non-hydrogen) atoms. The normalized spacial score (nSPS) is 13.9. The second-order valence-electron chi connectivity index (χ2n) is 3.67. The van der Waals surface area contributed by atoms with E-state index in [9.17, 15) is 0 Å². The lowest BCUT2D eigenvalue weighted by atomic mass is 10.2. The molecule has 0 aliphatic carbocycles.